The van der Waals surface area contributed by atoms with E-state index >= 15 is 0 Å². The number of nitrogen functional groups attached to an aromatic ring is 1. The van der Waals surface area contributed by atoms with Crippen LogP contribution in [0.15, 0.2) is 23.3 Å². The Morgan fingerprint density at radius 1 is 1.25 bits per heavy atom. The molecular formula is C14H10Cl3N4O3+. The number of halogens is 3. The summed E-state index contributed by atoms with van der Waals surface area (Å²) in [6.45, 7) is 0.180. The van der Waals surface area contributed by atoms with Crippen molar-refractivity contribution in [2.75, 3.05) is 12.5 Å². The zero-order chi connectivity index (χ0) is 17.3. The number of pyridine rings is 1. The van der Waals surface area contributed by atoms with Crippen LogP contribution in [0.5, 0.6) is 11.5 Å². The number of carbonyl (C=O) groups is 1. The molecule has 1 amide bonds. The molecule has 0 fully saturated rings. The highest BCUT2D eigenvalue weighted by Crippen LogP contribution is 2.32. The predicted molar refractivity (Wildman–Crippen MR) is 90.1 cm³/mol. The highest BCUT2D eigenvalue weighted by molar-refractivity contribution is 6.45. The number of amides is 1. The average molecular weight is 389 g/mol. The number of benzene rings is 1. The Kier molecular flexibility index (Phi) is 4.66. The Morgan fingerprint density at radius 3 is 2.79 bits per heavy atom. The van der Waals surface area contributed by atoms with Crippen LogP contribution < -0.4 is 25.6 Å². The summed E-state index contributed by atoms with van der Waals surface area (Å²) in [6, 6.07) is 5.24. The SMILES string of the molecule is Nc1c(Cl)c(Cl)[nH+]c(C(=O)N/N=C\c2ccc3c(c2)OCO3)c1Cl. The zero-order valence-corrected chi connectivity index (χ0v) is 14.2. The van der Waals surface area contributed by atoms with E-state index in [0.29, 0.717) is 17.1 Å². The molecule has 10 heteroatoms. The maximum Gasteiger partial charge on any atom is 0.337 e. The number of nitrogens with zero attached hydrogens (tertiary/aromatic N) is 1. The van der Waals surface area contributed by atoms with Gasteiger partial charge in [-0.15, -0.1) is 0 Å². The average Bonchev–Trinajstić information content (AvgIpc) is 3.03. The lowest BCUT2D eigenvalue weighted by molar-refractivity contribution is -0.379. The monoisotopic (exact) mass is 387 g/mol. The maximum atomic E-state index is 12.1. The summed E-state index contributed by atoms with van der Waals surface area (Å²) in [6.07, 6.45) is 1.44. The van der Waals surface area contributed by atoms with Gasteiger partial charge in [0.1, 0.15) is 10.0 Å². The fraction of sp³-hybridized carbons (Fsp3) is 0.0714. The number of fused-ring (bicyclic) bond motifs is 1. The maximum absolute atomic E-state index is 12.1. The summed E-state index contributed by atoms with van der Waals surface area (Å²) < 4.78 is 10.5. The van der Waals surface area contributed by atoms with Crippen molar-refractivity contribution in [1.29, 1.82) is 0 Å². The third-order valence-electron chi connectivity index (χ3n) is 3.12. The van der Waals surface area contributed by atoms with Gasteiger partial charge in [0.2, 0.25) is 6.79 Å². The molecule has 3 rings (SSSR count). The molecule has 1 aromatic heterocycles. The number of aromatic nitrogens is 1. The van der Waals surface area contributed by atoms with E-state index in [2.05, 4.69) is 15.5 Å². The Morgan fingerprint density at radius 2 is 2.00 bits per heavy atom. The van der Waals surface area contributed by atoms with Crippen molar-refractivity contribution in [3.63, 3.8) is 0 Å². The topological polar surface area (TPSA) is 100 Å². The van der Waals surface area contributed by atoms with Gasteiger partial charge in [-0.05, 0) is 35.4 Å². The zero-order valence-electron chi connectivity index (χ0n) is 11.9. The first kappa shape index (κ1) is 16.6. The number of nitrogens with one attached hydrogen (secondary N) is 2. The van der Waals surface area contributed by atoms with Crippen LogP contribution in [-0.4, -0.2) is 18.9 Å². The molecule has 7 nitrogen and oxygen atoms in total. The Balaban J connectivity index is 1.74. The quantitative estimate of drug-likeness (QED) is 0.479. The second-order valence-electron chi connectivity index (χ2n) is 4.67. The first-order valence-electron chi connectivity index (χ1n) is 6.55. The van der Waals surface area contributed by atoms with E-state index in [9.17, 15) is 4.79 Å². The molecule has 0 aliphatic carbocycles. The molecule has 0 unspecified atom stereocenters. The third-order valence-corrected chi connectivity index (χ3v) is 4.29. The summed E-state index contributed by atoms with van der Waals surface area (Å²) in [5.74, 6) is 0.644. The summed E-state index contributed by atoms with van der Waals surface area (Å²) >= 11 is 17.7. The number of hydrogen-bond donors (Lipinski definition) is 2. The van der Waals surface area contributed by atoms with Crippen molar-refractivity contribution >= 4 is 52.6 Å². The van der Waals surface area contributed by atoms with Crippen molar-refractivity contribution in [1.82, 2.24) is 5.43 Å². The van der Waals surface area contributed by atoms with Crippen LogP contribution >= 0.6 is 34.8 Å². The van der Waals surface area contributed by atoms with Gasteiger partial charge in [-0.25, -0.2) is 5.43 Å². The van der Waals surface area contributed by atoms with Gasteiger partial charge in [0.05, 0.1) is 11.9 Å². The number of H-pyrrole nitrogens is 1. The molecule has 0 saturated heterocycles. The van der Waals surface area contributed by atoms with E-state index in [-0.39, 0.29) is 33.4 Å². The number of hydrazone groups is 1. The lowest BCUT2D eigenvalue weighted by atomic mass is 10.2. The number of carbonyl (C=O) groups excluding carboxylic acids is 1. The number of anilines is 1. The van der Waals surface area contributed by atoms with Gasteiger partial charge in [-0.2, -0.15) is 10.1 Å². The first-order valence-corrected chi connectivity index (χ1v) is 7.69. The lowest BCUT2D eigenvalue weighted by Crippen LogP contribution is -2.28. The minimum Gasteiger partial charge on any atom is -0.454 e. The van der Waals surface area contributed by atoms with Gasteiger partial charge in [0.25, 0.3) is 10.8 Å². The first-order chi connectivity index (χ1) is 11.5. The Bertz CT molecular complexity index is 858. The Hall–Kier alpha value is -2.22. The minimum absolute atomic E-state index is 0.00321. The van der Waals surface area contributed by atoms with E-state index in [1.54, 1.807) is 18.2 Å². The molecule has 4 N–H and O–H groups in total. The molecule has 0 atom stereocenters. The van der Waals surface area contributed by atoms with E-state index in [1.807, 2.05) is 0 Å². The highest BCUT2D eigenvalue weighted by atomic mass is 35.5. The van der Waals surface area contributed by atoms with Crippen LogP contribution in [-0.2, 0) is 0 Å². The number of rotatable bonds is 3. The smallest absolute Gasteiger partial charge is 0.337 e. The second-order valence-corrected chi connectivity index (χ2v) is 5.80. The van der Waals surface area contributed by atoms with Crippen LogP contribution in [0.3, 0.4) is 0 Å². The number of ether oxygens (including phenoxy) is 2. The lowest BCUT2D eigenvalue weighted by Gasteiger charge is -2.02. The molecule has 0 radical (unpaired) electrons. The van der Waals surface area contributed by atoms with E-state index in [0.717, 1.165) is 0 Å². The van der Waals surface area contributed by atoms with Crippen LogP contribution in [0.25, 0.3) is 0 Å². The van der Waals surface area contributed by atoms with Gasteiger partial charge in [0, 0.05) is 0 Å². The molecule has 0 saturated carbocycles. The van der Waals surface area contributed by atoms with Gasteiger partial charge >= 0.3 is 5.91 Å². The van der Waals surface area contributed by atoms with Gasteiger partial charge in [0.15, 0.2) is 11.5 Å². The molecule has 0 bridgehead atoms. The van der Waals surface area contributed by atoms with Crippen molar-refractivity contribution in [3.05, 3.63) is 44.7 Å². The molecule has 24 heavy (non-hydrogen) atoms. The number of hydrogen-bond acceptors (Lipinski definition) is 5. The summed E-state index contributed by atoms with van der Waals surface area (Å²) in [5, 5.41) is 3.86. The normalized spacial score (nSPS) is 12.6. The van der Waals surface area contributed by atoms with Gasteiger partial charge in [-0.3, -0.25) is 4.79 Å². The molecule has 0 spiro atoms. The molecule has 2 heterocycles. The molecule has 1 aromatic carbocycles. The van der Waals surface area contributed by atoms with Crippen molar-refractivity contribution in [2.45, 2.75) is 0 Å². The fourth-order valence-corrected chi connectivity index (χ4v) is 2.55. The van der Waals surface area contributed by atoms with Crippen molar-refractivity contribution in [2.24, 2.45) is 5.10 Å². The third kappa shape index (κ3) is 3.19. The molecule has 124 valence electrons. The largest absolute Gasteiger partial charge is 0.454 e. The highest BCUT2D eigenvalue weighted by Gasteiger charge is 2.25. The standard InChI is InChI=1S/C14H9Cl3N4O3/c15-9-11(18)10(16)13(17)20-12(9)14(22)21-19-4-6-1-2-7-8(3-6)24-5-23-7/h1-4H,5H2,(H2,18,20)(H,21,22)/p+1/b19-4-. The predicted octanol–water partition coefficient (Wildman–Crippen LogP) is 2.54. The van der Waals surface area contributed by atoms with Gasteiger partial charge in [-0.1, -0.05) is 23.2 Å². The van der Waals surface area contributed by atoms with E-state index in [1.165, 1.54) is 6.21 Å². The molecule has 1 aliphatic rings. The van der Waals surface area contributed by atoms with E-state index < -0.39 is 5.91 Å². The van der Waals surface area contributed by atoms with Crippen LogP contribution in [0, 0.1) is 0 Å². The molecule has 2 aromatic rings. The number of aromatic amines is 1. The van der Waals surface area contributed by atoms with Crippen molar-refractivity contribution in [3.8, 4) is 11.5 Å². The summed E-state index contributed by atoms with van der Waals surface area (Å²) in [4.78, 5) is 14.7. The molecular weight excluding hydrogens is 379 g/mol. The van der Waals surface area contributed by atoms with Crippen LogP contribution in [0.4, 0.5) is 5.69 Å². The fourth-order valence-electron chi connectivity index (χ4n) is 1.94. The molecule has 1 aliphatic heterocycles. The number of nitrogens with two attached hydrogens (primary N) is 1. The van der Waals surface area contributed by atoms with Crippen LogP contribution in [0.2, 0.25) is 15.2 Å². The van der Waals surface area contributed by atoms with E-state index in [4.69, 9.17) is 50.0 Å². The summed E-state index contributed by atoms with van der Waals surface area (Å²) in [5.41, 5.74) is 8.66. The van der Waals surface area contributed by atoms with Gasteiger partial charge < -0.3 is 15.2 Å². The second kappa shape index (κ2) is 6.72. The van der Waals surface area contributed by atoms with Crippen LogP contribution in [0.1, 0.15) is 16.1 Å². The Labute approximate surface area is 151 Å². The minimum atomic E-state index is -0.623. The van der Waals surface area contributed by atoms with Crippen molar-refractivity contribution < 1.29 is 19.3 Å². The summed E-state index contributed by atoms with van der Waals surface area (Å²) in [7, 11) is 0.